The van der Waals surface area contributed by atoms with Gasteiger partial charge in [0.25, 0.3) is 0 Å². The Morgan fingerprint density at radius 1 is 1.50 bits per heavy atom. The third-order valence-corrected chi connectivity index (χ3v) is 2.78. The normalized spacial score (nSPS) is 12.4. The molecule has 0 aliphatic heterocycles. The van der Waals surface area contributed by atoms with E-state index in [1.54, 1.807) is 18.2 Å². The van der Waals surface area contributed by atoms with Crippen molar-refractivity contribution in [3.63, 3.8) is 0 Å². The van der Waals surface area contributed by atoms with Crippen LogP contribution < -0.4 is 0 Å². The summed E-state index contributed by atoms with van der Waals surface area (Å²) in [6.07, 6.45) is -0.116. The fourth-order valence-electron chi connectivity index (χ4n) is 1.47. The zero-order chi connectivity index (χ0) is 12.1. The summed E-state index contributed by atoms with van der Waals surface area (Å²) in [4.78, 5) is 11.5. The molecule has 0 saturated carbocycles. The highest BCUT2D eigenvalue weighted by atomic mass is 35.5. The molecule has 5 heteroatoms. The number of aliphatic hydroxyl groups is 1. The first-order valence-corrected chi connectivity index (χ1v) is 5.83. The third kappa shape index (κ3) is 3.40. The van der Waals surface area contributed by atoms with Gasteiger partial charge in [-0.25, -0.2) is 4.79 Å². The molecule has 88 valence electrons. The first-order chi connectivity index (χ1) is 7.56. The van der Waals surface area contributed by atoms with Gasteiger partial charge in [0.2, 0.25) is 0 Å². The molecule has 0 aliphatic carbocycles. The van der Waals surface area contributed by atoms with Gasteiger partial charge in [-0.2, -0.15) is 0 Å². The van der Waals surface area contributed by atoms with E-state index in [0.717, 1.165) is 16.9 Å². The summed E-state index contributed by atoms with van der Waals surface area (Å²) >= 11 is 9.77. The van der Waals surface area contributed by atoms with E-state index in [0.29, 0.717) is 17.9 Å². The number of hydrogen-bond donors (Lipinski definition) is 3. The Hall–Kier alpha value is -0.710. The number of aliphatic carboxylic acids is 1. The van der Waals surface area contributed by atoms with Crippen molar-refractivity contribution in [2.45, 2.75) is 23.8 Å². The Bertz CT molecular complexity index is 381. The van der Waals surface area contributed by atoms with Crippen LogP contribution in [0.1, 0.15) is 23.7 Å². The maximum Gasteiger partial charge on any atom is 0.337 e. The molecule has 1 aromatic carbocycles. The number of carbonyl (C=O) groups is 1. The molecule has 1 rings (SSSR count). The summed E-state index contributed by atoms with van der Waals surface area (Å²) in [5.41, 5.74) is 1.19. The second kappa shape index (κ2) is 6.13. The van der Waals surface area contributed by atoms with E-state index >= 15 is 0 Å². The van der Waals surface area contributed by atoms with Gasteiger partial charge in [0.1, 0.15) is 0 Å². The summed E-state index contributed by atoms with van der Waals surface area (Å²) in [6.45, 7) is 0. The molecule has 0 saturated heterocycles. The molecule has 0 radical (unpaired) electrons. The highest BCUT2D eigenvalue weighted by Gasteiger charge is 2.19. The van der Waals surface area contributed by atoms with Crippen molar-refractivity contribution in [1.29, 1.82) is 0 Å². The summed E-state index contributed by atoms with van der Waals surface area (Å²) in [6, 6.07) is 5.01. The summed E-state index contributed by atoms with van der Waals surface area (Å²) in [5, 5.41) is 18.3. The molecule has 0 spiro atoms. The smallest absolute Gasteiger partial charge is 0.337 e. The van der Waals surface area contributed by atoms with E-state index in [9.17, 15) is 9.90 Å². The van der Waals surface area contributed by atoms with Crippen molar-refractivity contribution >= 4 is 30.2 Å². The lowest BCUT2D eigenvalue weighted by Gasteiger charge is -2.12. The van der Waals surface area contributed by atoms with Crippen LogP contribution in [0.15, 0.2) is 23.1 Å². The molecule has 16 heavy (non-hydrogen) atoms. The van der Waals surface area contributed by atoms with E-state index in [4.69, 9.17) is 16.7 Å². The average molecular weight is 261 g/mol. The maximum atomic E-state index is 10.7. The predicted octanol–water partition coefficient (Wildman–Crippen LogP) is 2.26. The molecule has 1 atom stereocenters. The number of rotatable bonds is 5. The number of hydrogen-bond acceptors (Lipinski definition) is 3. The van der Waals surface area contributed by atoms with E-state index < -0.39 is 12.1 Å². The molecular weight excluding hydrogens is 248 g/mol. The van der Waals surface area contributed by atoms with Crippen LogP contribution in [0.3, 0.4) is 0 Å². The van der Waals surface area contributed by atoms with Crippen molar-refractivity contribution in [1.82, 2.24) is 0 Å². The number of alkyl halides is 1. The lowest BCUT2D eigenvalue weighted by Crippen LogP contribution is -2.12. The van der Waals surface area contributed by atoms with Gasteiger partial charge in [0.05, 0.1) is 0 Å². The van der Waals surface area contributed by atoms with Crippen molar-refractivity contribution in [3.8, 4) is 0 Å². The van der Waals surface area contributed by atoms with Gasteiger partial charge < -0.3 is 10.2 Å². The van der Waals surface area contributed by atoms with Gasteiger partial charge in [0, 0.05) is 10.8 Å². The lowest BCUT2D eigenvalue weighted by atomic mass is 9.99. The molecule has 1 unspecified atom stereocenters. The van der Waals surface area contributed by atoms with Crippen LogP contribution in [-0.2, 0) is 11.2 Å². The Morgan fingerprint density at radius 2 is 2.19 bits per heavy atom. The number of thiol groups is 1. The van der Waals surface area contributed by atoms with Crippen LogP contribution in [-0.4, -0.2) is 22.1 Å². The fraction of sp³-hybridized carbons (Fsp3) is 0.364. The molecule has 1 aromatic rings. The van der Waals surface area contributed by atoms with Crippen LogP contribution in [0.4, 0.5) is 0 Å². The highest BCUT2D eigenvalue weighted by molar-refractivity contribution is 7.80. The number of carboxylic acids is 1. The van der Waals surface area contributed by atoms with Gasteiger partial charge in [0.15, 0.2) is 6.10 Å². The minimum atomic E-state index is -1.49. The quantitative estimate of drug-likeness (QED) is 0.562. The molecule has 3 nitrogen and oxygen atoms in total. The van der Waals surface area contributed by atoms with Crippen molar-refractivity contribution in [2.75, 3.05) is 5.88 Å². The van der Waals surface area contributed by atoms with Crippen molar-refractivity contribution < 1.29 is 15.0 Å². The Kier molecular flexibility index (Phi) is 5.12. The first-order valence-electron chi connectivity index (χ1n) is 4.85. The number of benzene rings is 1. The van der Waals surface area contributed by atoms with Crippen LogP contribution in [0.2, 0.25) is 0 Å². The summed E-state index contributed by atoms with van der Waals surface area (Å²) in [5.74, 6) is -0.751. The first kappa shape index (κ1) is 13.4. The number of aryl methyl sites for hydroxylation is 1. The Labute approximate surface area is 104 Å². The van der Waals surface area contributed by atoms with Gasteiger partial charge in [-0.15, -0.1) is 24.2 Å². The molecule has 0 heterocycles. The van der Waals surface area contributed by atoms with Gasteiger partial charge in [-0.3, -0.25) is 0 Å². The molecule has 2 N–H and O–H groups in total. The third-order valence-electron chi connectivity index (χ3n) is 2.23. The fourth-order valence-corrected chi connectivity index (χ4v) is 1.83. The van der Waals surface area contributed by atoms with Gasteiger partial charge in [-0.05, 0) is 36.1 Å². The Balaban J connectivity index is 3.01. The molecule has 0 amide bonds. The van der Waals surface area contributed by atoms with Crippen LogP contribution in [0.25, 0.3) is 0 Å². The lowest BCUT2D eigenvalue weighted by molar-refractivity contribution is -0.147. The monoisotopic (exact) mass is 260 g/mol. The van der Waals surface area contributed by atoms with E-state index in [1.807, 2.05) is 0 Å². The van der Waals surface area contributed by atoms with Crippen LogP contribution >= 0.6 is 24.2 Å². The van der Waals surface area contributed by atoms with Crippen molar-refractivity contribution in [3.05, 3.63) is 29.3 Å². The maximum absolute atomic E-state index is 10.7. The molecule has 0 fully saturated rings. The Morgan fingerprint density at radius 3 is 2.75 bits per heavy atom. The van der Waals surface area contributed by atoms with Crippen molar-refractivity contribution in [2.24, 2.45) is 0 Å². The topological polar surface area (TPSA) is 57.5 Å². The minimum absolute atomic E-state index is 0.412. The summed E-state index contributed by atoms with van der Waals surface area (Å²) < 4.78 is 0. The average Bonchev–Trinajstić information content (AvgIpc) is 2.25. The van der Waals surface area contributed by atoms with Crippen LogP contribution in [0, 0.1) is 0 Å². The zero-order valence-electron chi connectivity index (χ0n) is 8.56. The predicted molar refractivity (Wildman–Crippen MR) is 65.3 cm³/mol. The highest BCUT2D eigenvalue weighted by Crippen LogP contribution is 2.23. The zero-order valence-corrected chi connectivity index (χ0v) is 10.2. The molecule has 0 aliphatic rings. The van der Waals surface area contributed by atoms with Gasteiger partial charge in [-0.1, -0.05) is 6.07 Å². The van der Waals surface area contributed by atoms with E-state index in [2.05, 4.69) is 12.6 Å². The molecule has 0 aromatic heterocycles. The second-order valence-electron chi connectivity index (χ2n) is 3.42. The summed E-state index contributed by atoms with van der Waals surface area (Å²) in [7, 11) is 0. The molecule has 0 bridgehead atoms. The van der Waals surface area contributed by atoms with E-state index in [1.165, 1.54) is 0 Å². The van der Waals surface area contributed by atoms with Crippen LogP contribution in [0.5, 0.6) is 0 Å². The standard InChI is InChI=1S/C11H13ClO3S/c12-5-1-2-7-6-8(16)3-4-9(7)10(13)11(14)15/h3-4,6,10,13,16H,1-2,5H2,(H,14,15). The second-order valence-corrected chi connectivity index (χ2v) is 4.31. The number of carboxylic acid groups (broad SMARTS) is 1. The number of halogens is 1. The SMILES string of the molecule is O=C(O)C(O)c1ccc(S)cc1CCCCl. The minimum Gasteiger partial charge on any atom is -0.479 e. The largest absolute Gasteiger partial charge is 0.479 e. The van der Waals surface area contributed by atoms with E-state index in [-0.39, 0.29) is 0 Å². The number of aliphatic hydroxyl groups excluding tert-OH is 1. The van der Waals surface area contributed by atoms with Gasteiger partial charge >= 0.3 is 5.97 Å². The molecular formula is C11H13ClO3S.